The number of benzene rings is 1. The van der Waals surface area contributed by atoms with Crippen molar-refractivity contribution in [2.24, 2.45) is 14.2 Å². The number of nitrogens with one attached hydrogen (secondary N) is 2. The highest BCUT2D eigenvalue weighted by atomic mass is 32.2. The van der Waals surface area contributed by atoms with Gasteiger partial charge in [-0.2, -0.15) is 0 Å². The lowest BCUT2D eigenvalue weighted by Gasteiger charge is -2.30. The first-order chi connectivity index (χ1) is 14.0. The summed E-state index contributed by atoms with van der Waals surface area (Å²) in [5, 5.41) is 6.47. The molecule has 0 saturated carbocycles. The molecule has 2 heterocycles. The lowest BCUT2D eigenvalue weighted by atomic mass is 9.85. The van der Waals surface area contributed by atoms with Crippen molar-refractivity contribution >= 4 is 34.4 Å². The summed E-state index contributed by atoms with van der Waals surface area (Å²) in [4.78, 5) is 13.7. The summed E-state index contributed by atoms with van der Waals surface area (Å²) in [6, 6.07) is 10.7. The number of hydrogen-bond acceptors (Lipinski definition) is 5. The van der Waals surface area contributed by atoms with Crippen LogP contribution in [0.2, 0.25) is 0 Å². The normalized spacial score (nSPS) is 17.2. The maximum Gasteiger partial charge on any atom is 0.269 e. The highest BCUT2D eigenvalue weighted by Gasteiger charge is 2.32. The van der Waals surface area contributed by atoms with Crippen molar-refractivity contribution in [3.05, 3.63) is 53.5 Å². The van der Waals surface area contributed by atoms with Gasteiger partial charge in [0, 0.05) is 25.3 Å². The molecule has 3 rings (SSSR count). The molecule has 8 nitrogen and oxygen atoms in total. The van der Waals surface area contributed by atoms with Crippen molar-refractivity contribution in [2.45, 2.75) is 33.7 Å². The van der Waals surface area contributed by atoms with Crippen LogP contribution in [-0.2, 0) is 11.2 Å². The van der Waals surface area contributed by atoms with E-state index in [2.05, 4.69) is 40.2 Å². The lowest BCUT2D eigenvalue weighted by molar-refractivity contribution is 0.0827. The van der Waals surface area contributed by atoms with E-state index in [0.29, 0.717) is 22.9 Å². The molecule has 0 saturated heterocycles. The molecular weight excluding hydrogens is 402 g/mol. The zero-order valence-corrected chi connectivity index (χ0v) is 18.8. The minimum Gasteiger partial charge on any atom is -0.464 e. The molecule has 2 atom stereocenters. The van der Waals surface area contributed by atoms with Gasteiger partial charge in [-0.1, -0.05) is 26.8 Å². The summed E-state index contributed by atoms with van der Waals surface area (Å²) < 4.78 is 26.1. The number of furan rings is 1. The van der Waals surface area contributed by atoms with Crippen LogP contribution in [0.3, 0.4) is 0 Å². The van der Waals surface area contributed by atoms with E-state index in [0.717, 1.165) is 11.5 Å². The molecule has 1 amide bonds. The molecule has 2 aromatic rings. The van der Waals surface area contributed by atoms with Gasteiger partial charge >= 0.3 is 0 Å². The van der Waals surface area contributed by atoms with E-state index in [4.69, 9.17) is 4.42 Å². The van der Waals surface area contributed by atoms with E-state index < -0.39 is 11.2 Å². The Balaban J connectivity index is 1.84. The first-order valence-corrected chi connectivity index (χ1v) is 10.6. The summed E-state index contributed by atoms with van der Waals surface area (Å²) in [6.07, 6.45) is 0. The molecular formula is C21H27N5O3S. The zero-order chi connectivity index (χ0) is 22.1. The second-order valence-corrected chi connectivity index (χ2v) is 9.23. The number of amidine groups is 2. The van der Waals surface area contributed by atoms with Gasteiger partial charge in [-0.05, 0) is 42.7 Å². The van der Waals surface area contributed by atoms with Crippen LogP contribution >= 0.6 is 0 Å². The van der Waals surface area contributed by atoms with Crippen LogP contribution < -0.4 is 10.6 Å². The molecule has 0 radical (unpaired) electrons. The number of nitrogens with zero attached hydrogens (tertiary/aromatic N) is 3. The molecule has 2 N–H and O–H groups in total. The Kier molecular flexibility index (Phi) is 6.12. The number of amides is 1. The fourth-order valence-corrected chi connectivity index (χ4v) is 3.65. The van der Waals surface area contributed by atoms with Gasteiger partial charge in [0.15, 0.2) is 11.7 Å². The van der Waals surface area contributed by atoms with Gasteiger partial charge in [0.1, 0.15) is 11.5 Å². The van der Waals surface area contributed by atoms with Crippen LogP contribution in [0.25, 0.3) is 0 Å². The maximum atomic E-state index is 12.2. The average Bonchev–Trinajstić information content (AvgIpc) is 3.23. The molecule has 0 spiro atoms. The highest BCUT2D eigenvalue weighted by Crippen LogP contribution is 2.34. The standard InChI is InChI=1S/C21H27N5O3S/c1-13-10-11-16(29-13)17(21(2,3)4)23-19-18(24-30(28)25-19)22-15-9-7-8-14(12-15)20(27)26(5)6/h7-12,17H,1-6H3,(H,22,24)(H,23,25)/t17-,30?/m0/s1. The quantitative estimate of drug-likeness (QED) is 0.775. The molecule has 1 aromatic carbocycles. The number of anilines is 1. The van der Waals surface area contributed by atoms with E-state index in [1.807, 2.05) is 25.1 Å². The predicted octanol–water partition coefficient (Wildman–Crippen LogP) is 3.47. The van der Waals surface area contributed by atoms with Crippen molar-refractivity contribution in [1.82, 2.24) is 10.2 Å². The van der Waals surface area contributed by atoms with Crippen molar-refractivity contribution in [3.8, 4) is 0 Å². The summed E-state index contributed by atoms with van der Waals surface area (Å²) >= 11 is -1.73. The molecule has 30 heavy (non-hydrogen) atoms. The SMILES string of the molecule is Cc1ccc([C@H](NC2=NS(=O)N=C2Nc2cccc(C(=O)N(C)C)c2)C(C)(C)C)o1. The second-order valence-electron chi connectivity index (χ2n) is 8.41. The molecule has 1 aromatic heterocycles. The molecule has 1 aliphatic heterocycles. The number of rotatable bonds is 4. The fraction of sp³-hybridized carbons (Fsp3) is 0.381. The number of aryl methyl sites for hydroxylation is 1. The number of hydrogen-bond donors (Lipinski definition) is 2. The molecule has 0 fully saturated rings. The van der Waals surface area contributed by atoms with Gasteiger partial charge in [0.05, 0.1) is 6.04 Å². The van der Waals surface area contributed by atoms with E-state index in [1.54, 1.807) is 32.3 Å². The Morgan fingerprint density at radius 1 is 1.13 bits per heavy atom. The van der Waals surface area contributed by atoms with Crippen LogP contribution in [0.5, 0.6) is 0 Å². The third-order valence-corrected chi connectivity index (χ3v) is 5.21. The first-order valence-electron chi connectivity index (χ1n) is 9.56. The van der Waals surface area contributed by atoms with E-state index in [1.165, 1.54) is 4.90 Å². The largest absolute Gasteiger partial charge is 0.464 e. The van der Waals surface area contributed by atoms with Crippen molar-refractivity contribution in [3.63, 3.8) is 0 Å². The minimum absolute atomic E-state index is 0.108. The zero-order valence-electron chi connectivity index (χ0n) is 18.0. The Bertz CT molecular complexity index is 1030. The van der Waals surface area contributed by atoms with Gasteiger partial charge in [0.2, 0.25) is 0 Å². The van der Waals surface area contributed by atoms with Crippen molar-refractivity contribution in [1.29, 1.82) is 0 Å². The van der Waals surface area contributed by atoms with E-state index in [-0.39, 0.29) is 17.4 Å². The number of carbonyl (C=O) groups is 1. The third kappa shape index (κ3) is 4.96. The molecule has 9 heteroatoms. The second kappa shape index (κ2) is 8.43. The monoisotopic (exact) mass is 429 g/mol. The van der Waals surface area contributed by atoms with Gasteiger partial charge < -0.3 is 20.0 Å². The van der Waals surface area contributed by atoms with Gasteiger partial charge in [-0.25, -0.2) is 4.21 Å². The van der Waals surface area contributed by atoms with Crippen LogP contribution in [0.1, 0.15) is 48.7 Å². The fourth-order valence-electron chi connectivity index (χ4n) is 3.02. The minimum atomic E-state index is -1.73. The smallest absolute Gasteiger partial charge is 0.269 e. The summed E-state index contributed by atoms with van der Waals surface area (Å²) in [7, 11) is 3.40. The van der Waals surface area contributed by atoms with E-state index in [9.17, 15) is 9.00 Å². The Morgan fingerprint density at radius 2 is 1.83 bits per heavy atom. The topological polar surface area (TPSA) is 99.3 Å². The Morgan fingerprint density at radius 3 is 2.43 bits per heavy atom. The number of carbonyl (C=O) groups excluding carboxylic acids is 1. The lowest BCUT2D eigenvalue weighted by Crippen LogP contribution is -2.41. The Hall–Kier alpha value is -2.94. The van der Waals surface area contributed by atoms with Gasteiger partial charge in [-0.3, -0.25) is 4.79 Å². The molecule has 160 valence electrons. The predicted molar refractivity (Wildman–Crippen MR) is 120 cm³/mol. The molecule has 1 unspecified atom stereocenters. The van der Waals surface area contributed by atoms with Crippen LogP contribution in [0.15, 0.2) is 49.6 Å². The molecule has 0 aliphatic carbocycles. The van der Waals surface area contributed by atoms with Crippen molar-refractivity contribution in [2.75, 3.05) is 19.4 Å². The summed E-state index contributed by atoms with van der Waals surface area (Å²) in [6.45, 7) is 8.13. The van der Waals surface area contributed by atoms with Crippen LogP contribution in [0, 0.1) is 12.3 Å². The Labute approximate surface area is 179 Å². The molecule has 0 bridgehead atoms. The first kappa shape index (κ1) is 21.8. The van der Waals surface area contributed by atoms with Crippen molar-refractivity contribution < 1.29 is 13.4 Å². The molecule has 1 aliphatic rings. The van der Waals surface area contributed by atoms with Crippen LogP contribution in [-0.4, -0.2) is 40.8 Å². The third-order valence-electron chi connectivity index (χ3n) is 4.53. The highest BCUT2D eigenvalue weighted by molar-refractivity contribution is 7.83. The maximum absolute atomic E-state index is 12.2. The van der Waals surface area contributed by atoms with Crippen LogP contribution in [0.4, 0.5) is 5.69 Å². The average molecular weight is 430 g/mol. The summed E-state index contributed by atoms with van der Waals surface area (Å²) in [5.41, 5.74) is 0.978. The van der Waals surface area contributed by atoms with Gasteiger partial charge in [0.25, 0.3) is 17.1 Å². The van der Waals surface area contributed by atoms with Gasteiger partial charge in [-0.15, -0.1) is 8.80 Å². The summed E-state index contributed by atoms with van der Waals surface area (Å²) in [5.74, 6) is 2.20. The van der Waals surface area contributed by atoms with E-state index >= 15 is 0 Å².